The van der Waals surface area contributed by atoms with E-state index >= 15 is 0 Å². The second-order valence-corrected chi connectivity index (χ2v) is 12.1. The number of carbonyl (C=O) groups excluding carboxylic acids is 1. The topological polar surface area (TPSA) is 83.1 Å². The third kappa shape index (κ3) is 6.53. The summed E-state index contributed by atoms with van der Waals surface area (Å²) in [6.45, 7) is 6.89. The Kier molecular flexibility index (Phi) is 10.8. The van der Waals surface area contributed by atoms with Gasteiger partial charge in [0, 0.05) is 25.7 Å². The van der Waals surface area contributed by atoms with Crippen LogP contribution in [0.15, 0.2) is 71.6 Å². The molecule has 0 aliphatic heterocycles. The van der Waals surface area contributed by atoms with Crippen LogP contribution in [-0.2, 0) is 10.0 Å². The van der Waals surface area contributed by atoms with Gasteiger partial charge in [0.05, 0.1) is 27.4 Å². The molecule has 0 aliphatic rings. The molecule has 3 aromatic carbocycles. The molecule has 1 heterocycles. The van der Waals surface area contributed by atoms with Crippen LogP contribution in [0.2, 0.25) is 5.02 Å². The number of rotatable bonds is 11. The van der Waals surface area contributed by atoms with Gasteiger partial charge in [0.1, 0.15) is 11.3 Å². The second kappa shape index (κ2) is 13.6. The SMILES string of the molecule is CCN(CC)CCN(C(=O)c1ccc(S(=O)(=O)N(C)c2ccccc2)cc1)c1nc2c(OC)ccc(Cl)c2s1.Cl. The maximum atomic E-state index is 13.8. The van der Waals surface area contributed by atoms with Crippen molar-refractivity contribution in [1.29, 1.82) is 0 Å². The average Bonchev–Trinajstić information content (AvgIpc) is 3.41. The van der Waals surface area contributed by atoms with Crippen LogP contribution in [-0.4, -0.2) is 64.5 Å². The Bertz CT molecular complexity index is 1540. The zero-order valence-corrected chi connectivity index (χ0v) is 25.9. The highest BCUT2D eigenvalue weighted by Crippen LogP contribution is 2.39. The minimum absolute atomic E-state index is 0. The van der Waals surface area contributed by atoms with Crippen molar-refractivity contribution in [3.05, 3.63) is 77.3 Å². The summed E-state index contributed by atoms with van der Waals surface area (Å²) >= 11 is 7.77. The molecule has 0 radical (unpaired) electrons. The van der Waals surface area contributed by atoms with E-state index in [1.165, 1.54) is 34.8 Å². The Morgan fingerprint density at radius 3 is 2.23 bits per heavy atom. The lowest BCUT2D eigenvalue weighted by atomic mass is 10.2. The first kappa shape index (κ1) is 31.6. The average molecular weight is 624 g/mol. The summed E-state index contributed by atoms with van der Waals surface area (Å²) in [6, 6.07) is 18.3. The van der Waals surface area contributed by atoms with Crippen LogP contribution in [0.5, 0.6) is 5.75 Å². The molecule has 0 saturated carbocycles. The van der Waals surface area contributed by atoms with E-state index in [2.05, 4.69) is 18.7 Å². The number of benzene rings is 3. The molecule has 1 aromatic heterocycles. The fourth-order valence-corrected chi connectivity index (χ4v) is 6.62. The molecule has 0 saturated heterocycles. The number of ether oxygens (including phenoxy) is 1. The Morgan fingerprint density at radius 1 is 0.975 bits per heavy atom. The van der Waals surface area contributed by atoms with E-state index in [4.69, 9.17) is 21.3 Å². The molecule has 214 valence electrons. The summed E-state index contributed by atoms with van der Waals surface area (Å²) in [5.41, 5.74) is 1.49. The zero-order valence-electron chi connectivity index (χ0n) is 22.7. The number of para-hydroxylation sites is 1. The van der Waals surface area contributed by atoms with E-state index in [0.717, 1.165) is 17.8 Å². The van der Waals surface area contributed by atoms with Gasteiger partial charge in [0.25, 0.3) is 15.9 Å². The predicted molar refractivity (Wildman–Crippen MR) is 166 cm³/mol. The smallest absolute Gasteiger partial charge is 0.264 e. The number of halogens is 2. The van der Waals surface area contributed by atoms with Crippen LogP contribution in [0.3, 0.4) is 0 Å². The number of hydrogen-bond acceptors (Lipinski definition) is 7. The molecule has 40 heavy (non-hydrogen) atoms. The summed E-state index contributed by atoms with van der Waals surface area (Å²) in [5.74, 6) is 0.293. The Labute approximate surface area is 250 Å². The largest absolute Gasteiger partial charge is 0.494 e. The second-order valence-electron chi connectivity index (χ2n) is 8.74. The molecule has 4 aromatic rings. The van der Waals surface area contributed by atoms with E-state index < -0.39 is 10.0 Å². The predicted octanol–water partition coefficient (Wildman–Crippen LogP) is 6.19. The number of hydrogen-bond donors (Lipinski definition) is 0. The van der Waals surface area contributed by atoms with Crippen molar-refractivity contribution in [3.63, 3.8) is 0 Å². The van der Waals surface area contributed by atoms with Gasteiger partial charge in [-0.15, -0.1) is 12.4 Å². The summed E-state index contributed by atoms with van der Waals surface area (Å²) in [7, 11) is -0.732. The molecule has 0 spiro atoms. The number of likely N-dealkylation sites (N-methyl/N-ethyl adjacent to an activating group) is 1. The lowest BCUT2D eigenvalue weighted by Crippen LogP contribution is -2.38. The molecule has 0 bridgehead atoms. The number of sulfonamides is 1. The van der Waals surface area contributed by atoms with E-state index in [-0.39, 0.29) is 23.2 Å². The van der Waals surface area contributed by atoms with Crippen molar-refractivity contribution in [2.75, 3.05) is 49.5 Å². The van der Waals surface area contributed by atoms with Gasteiger partial charge in [-0.05, 0) is 61.6 Å². The van der Waals surface area contributed by atoms with Crippen LogP contribution < -0.4 is 13.9 Å². The van der Waals surface area contributed by atoms with Crippen LogP contribution in [0, 0.1) is 0 Å². The molecule has 0 N–H and O–H groups in total. The van der Waals surface area contributed by atoms with Crippen molar-refractivity contribution in [2.45, 2.75) is 18.7 Å². The highest BCUT2D eigenvalue weighted by atomic mass is 35.5. The molecular weight excluding hydrogens is 591 g/mol. The van der Waals surface area contributed by atoms with Crippen LogP contribution in [0.25, 0.3) is 10.2 Å². The molecule has 4 rings (SSSR count). The quantitative estimate of drug-likeness (QED) is 0.198. The normalized spacial score (nSPS) is 11.3. The number of amides is 1. The van der Waals surface area contributed by atoms with Gasteiger partial charge in [0.2, 0.25) is 0 Å². The first-order valence-electron chi connectivity index (χ1n) is 12.5. The Hall–Kier alpha value is -2.89. The first-order chi connectivity index (χ1) is 18.7. The third-order valence-corrected chi connectivity index (χ3v) is 9.90. The summed E-state index contributed by atoms with van der Waals surface area (Å²) < 4.78 is 33.8. The van der Waals surface area contributed by atoms with Crippen molar-refractivity contribution in [3.8, 4) is 5.75 Å². The van der Waals surface area contributed by atoms with Crippen molar-refractivity contribution >= 4 is 72.3 Å². The zero-order chi connectivity index (χ0) is 28.2. The molecule has 0 atom stereocenters. The van der Waals surface area contributed by atoms with Crippen LogP contribution in [0.1, 0.15) is 24.2 Å². The highest BCUT2D eigenvalue weighted by Gasteiger charge is 2.26. The van der Waals surface area contributed by atoms with Gasteiger partial charge >= 0.3 is 0 Å². The summed E-state index contributed by atoms with van der Waals surface area (Å²) in [6.07, 6.45) is 0. The fourth-order valence-electron chi connectivity index (χ4n) is 4.15. The van der Waals surface area contributed by atoms with Gasteiger partial charge in [0.15, 0.2) is 5.13 Å². The number of methoxy groups -OCH3 is 1. The molecule has 8 nitrogen and oxygen atoms in total. The monoisotopic (exact) mass is 622 g/mol. The number of anilines is 2. The Balaban J connectivity index is 0.00000441. The molecule has 12 heteroatoms. The number of aromatic nitrogens is 1. The van der Waals surface area contributed by atoms with Crippen LogP contribution in [0.4, 0.5) is 10.8 Å². The van der Waals surface area contributed by atoms with E-state index in [1.807, 2.05) is 6.07 Å². The first-order valence-corrected chi connectivity index (χ1v) is 15.2. The van der Waals surface area contributed by atoms with Gasteiger partial charge in [-0.3, -0.25) is 14.0 Å². The molecule has 1 amide bonds. The Morgan fingerprint density at radius 2 is 1.62 bits per heavy atom. The minimum atomic E-state index is -3.80. The fraction of sp³-hybridized carbons (Fsp3) is 0.286. The standard InChI is InChI=1S/C28H31ClN4O4S2.ClH/c1-5-32(6-2)18-19-33(28-30-25-24(37-4)17-16-23(29)26(25)38-28)27(34)20-12-14-22(15-13-20)39(35,36)31(3)21-10-8-7-9-11-21;/h7-17H,5-6,18-19H2,1-4H3;1H. The molecular formula is C28H32Cl2N4O4S2. The van der Waals surface area contributed by atoms with Gasteiger partial charge in [-0.1, -0.05) is 55.0 Å². The molecule has 0 aliphatic carbocycles. The number of thiazole rings is 1. The molecule has 0 unspecified atom stereocenters. The maximum Gasteiger partial charge on any atom is 0.264 e. The van der Waals surface area contributed by atoms with E-state index in [1.54, 1.807) is 60.5 Å². The van der Waals surface area contributed by atoms with Crippen LogP contribution >= 0.6 is 35.3 Å². The number of carbonyl (C=O) groups is 1. The van der Waals surface area contributed by atoms with E-state index in [9.17, 15) is 13.2 Å². The molecule has 0 fully saturated rings. The van der Waals surface area contributed by atoms with Crippen molar-refractivity contribution < 1.29 is 17.9 Å². The summed E-state index contributed by atoms with van der Waals surface area (Å²) in [4.78, 5) is 22.5. The summed E-state index contributed by atoms with van der Waals surface area (Å²) in [5, 5.41) is 1.02. The maximum absolute atomic E-state index is 13.8. The van der Waals surface area contributed by atoms with Crippen molar-refractivity contribution in [2.24, 2.45) is 0 Å². The highest BCUT2D eigenvalue weighted by molar-refractivity contribution is 7.92. The lowest BCUT2D eigenvalue weighted by Gasteiger charge is -2.25. The number of fused-ring (bicyclic) bond motifs is 1. The van der Waals surface area contributed by atoms with Gasteiger partial charge in [-0.2, -0.15) is 0 Å². The minimum Gasteiger partial charge on any atom is -0.494 e. The van der Waals surface area contributed by atoms with Crippen molar-refractivity contribution in [1.82, 2.24) is 9.88 Å². The number of nitrogens with zero attached hydrogens (tertiary/aromatic N) is 4. The van der Waals surface area contributed by atoms with Gasteiger partial charge in [-0.25, -0.2) is 13.4 Å². The van der Waals surface area contributed by atoms with Gasteiger partial charge < -0.3 is 9.64 Å². The lowest BCUT2D eigenvalue weighted by molar-refractivity contribution is 0.0983. The third-order valence-electron chi connectivity index (χ3n) is 6.56. The van der Waals surface area contributed by atoms with E-state index in [0.29, 0.717) is 45.8 Å².